The first-order chi connectivity index (χ1) is 14.4. The van der Waals surface area contributed by atoms with E-state index in [2.05, 4.69) is 19.2 Å². The molecule has 0 bridgehead atoms. The lowest BCUT2D eigenvalue weighted by atomic mass is 10.1. The maximum Gasteiger partial charge on any atom is 0.253 e. The van der Waals surface area contributed by atoms with Crippen LogP contribution in [0.15, 0.2) is 42.5 Å². The number of anilines is 1. The number of amides is 2. The van der Waals surface area contributed by atoms with Gasteiger partial charge < -0.3 is 15.0 Å². The average Bonchev–Trinajstić information content (AvgIpc) is 2.72. The van der Waals surface area contributed by atoms with Crippen molar-refractivity contribution in [2.24, 2.45) is 0 Å². The molecule has 2 aromatic rings. The summed E-state index contributed by atoms with van der Waals surface area (Å²) in [5.74, 6) is 0.392. The number of benzene rings is 2. The highest BCUT2D eigenvalue weighted by Gasteiger charge is 2.15. The van der Waals surface area contributed by atoms with Gasteiger partial charge in [-0.05, 0) is 55.7 Å². The Hall–Kier alpha value is -2.24. The molecule has 7 heteroatoms. The average molecular weight is 451 g/mol. The van der Waals surface area contributed by atoms with Crippen LogP contribution in [0.1, 0.15) is 49.9 Å². The minimum atomic E-state index is -0.135. The molecule has 0 atom stereocenters. The Morgan fingerprint density at radius 1 is 1.03 bits per heavy atom. The van der Waals surface area contributed by atoms with Crippen LogP contribution in [-0.2, 0) is 4.79 Å². The molecule has 0 saturated carbocycles. The standard InChI is InChI=1S/C23H28Cl2N2O3/c1-3-12-27(13-4-2)23(29)17-7-5-8-19(15-17)26-22(28)9-6-14-30-21-11-10-18(24)16-20(21)25/h5,7-8,10-11,15-16H,3-4,6,9,12-14H2,1-2H3,(H,26,28). The summed E-state index contributed by atoms with van der Waals surface area (Å²) < 4.78 is 5.59. The van der Waals surface area contributed by atoms with E-state index in [4.69, 9.17) is 27.9 Å². The van der Waals surface area contributed by atoms with Crippen molar-refractivity contribution < 1.29 is 14.3 Å². The lowest BCUT2D eigenvalue weighted by Gasteiger charge is -2.21. The largest absolute Gasteiger partial charge is 0.492 e. The molecule has 0 aliphatic heterocycles. The van der Waals surface area contributed by atoms with Crippen LogP contribution in [0.4, 0.5) is 5.69 Å². The first-order valence-electron chi connectivity index (χ1n) is 10.2. The Labute approximate surface area is 188 Å². The molecule has 0 fully saturated rings. The van der Waals surface area contributed by atoms with E-state index in [1.807, 2.05) is 4.90 Å². The van der Waals surface area contributed by atoms with Gasteiger partial charge in [0.15, 0.2) is 0 Å². The first-order valence-corrected chi connectivity index (χ1v) is 11.0. The summed E-state index contributed by atoms with van der Waals surface area (Å²) in [6.07, 6.45) is 2.64. The molecular formula is C23H28Cl2N2O3. The Bertz CT molecular complexity index is 852. The van der Waals surface area contributed by atoms with Crippen molar-refractivity contribution in [1.82, 2.24) is 4.90 Å². The van der Waals surface area contributed by atoms with E-state index in [-0.39, 0.29) is 11.8 Å². The summed E-state index contributed by atoms with van der Waals surface area (Å²) in [5, 5.41) is 3.83. The van der Waals surface area contributed by atoms with Crippen molar-refractivity contribution in [3.05, 3.63) is 58.1 Å². The zero-order valence-electron chi connectivity index (χ0n) is 17.4. The minimum absolute atomic E-state index is 0.0111. The number of carbonyl (C=O) groups excluding carboxylic acids is 2. The molecule has 2 rings (SSSR count). The number of hydrogen-bond donors (Lipinski definition) is 1. The van der Waals surface area contributed by atoms with Gasteiger partial charge in [0.25, 0.3) is 5.91 Å². The second-order valence-electron chi connectivity index (χ2n) is 6.95. The second kappa shape index (κ2) is 12.5. The Morgan fingerprint density at radius 2 is 1.77 bits per heavy atom. The van der Waals surface area contributed by atoms with Crippen molar-refractivity contribution in [2.75, 3.05) is 25.0 Å². The van der Waals surface area contributed by atoms with Crippen molar-refractivity contribution >= 4 is 40.7 Å². The predicted octanol–water partition coefficient (Wildman–Crippen LogP) is 6.05. The van der Waals surface area contributed by atoms with Gasteiger partial charge in [0, 0.05) is 35.8 Å². The highest BCUT2D eigenvalue weighted by molar-refractivity contribution is 6.35. The smallest absolute Gasteiger partial charge is 0.253 e. The van der Waals surface area contributed by atoms with Gasteiger partial charge in [0.2, 0.25) is 5.91 Å². The van der Waals surface area contributed by atoms with Gasteiger partial charge in [-0.1, -0.05) is 43.1 Å². The molecule has 0 aliphatic rings. The van der Waals surface area contributed by atoms with Crippen molar-refractivity contribution in [2.45, 2.75) is 39.5 Å². The Morgan fingerprint density at radius 3 is 2.43 bits per heavy atom. The van der Waals surface area contributed by atoms with Gasteiger partial charge in [-0.2, -0.15) is 0 Å². The lowest BCUT2D eigenvalue weighted by molar-refractivity contribution is -0.116. The summed E-state index contributed by atoms with van der Waals surface area (Å²) in [6, 6.07) is 12.1. The number of halogens is 2. The topological polar surface area (TPSA) is 58.6 Å². The maximum absolute atomic E-state index is 12.7. The molecule has 0 heterocycles. The number of carbonyl (C=O) groups is 2. The zero-order valence-corrected chi connectivity index (χ0v) is 18.9. The van der Waals surface area contributed by atoms with Crippen LogP contribution in [0.25, 0.3) is 0 Å². The first kappa shape index (κ1) is 24.0. The molecule has 5 nitrogen and oxygen atoms in total. The van der Waals surface area contributed by atoms with E-state index < -0.39 is 0 Å². The van der Waals surface area contributed by atoms with E-state index in [0.717, 1.165) is 25.9 Å². The molecule has 1 N–H and O–H groups in total. The highest BCUT2D eigenvalue weighted by Crippen LogP contribution is 2.27. The Kier molecular flexibility index (Phi) is 9.98. The monoisotopic (exact) mass is 450 g/mol. The predicted molar refractivity (Wildman–Crippen MR) is 123 cm³/mol. The highest BCUT2D eigenvalue weighted by atomic mass is 35.5. The molecule has 0 aliphatic carbocycles. The SMILES string of the molecule is CCCN(CCC)C(=O)c1cccc(NC(=O)CCCOc2ccc(Cl)cc2Cl)c1. The van der Waals surface area contributed by atoms with Crippen LogP contribution in [-0.4, -0.2) is 36.4 Å². The van der Waals surface area contributed by atoms with Crippen LogP contribution >= 0.6 is 23.2 Å². The van der Waals surface area contributed by atoms with Crippen LogP contribution in [0, 0.1) is 0 Å². The van der Waals surface area contributed by atoms with Gasteiger partial charge >= 0.3 is 0 Å². The number of ether oxygens (including phenoxy) is 1. The summed E-state index contributed by atoms with van der Waals surface area (Å²) in [4.78, 5) is 26.8. The molecular weight excluding hydrogens is 423 g/mol. The van der Waals surface area contributed by atoms with Crippen LogP contribution in [0.2, 0.25) is 10.0 Å². The molecule has 162 valence electrons. The minimum Gasteiger partial charge on any atom is -0.492 e. The fourth-order valence-corrected chi connectivity index (χ4v) is 3.46. The van der Waals surface area contributed by atoms with Crippen LogP contribution in [0.3, 0.4) is 0 Å². The summed E-state index contributed by atoms with van der Waals surface area (Å²) in [6.45, 7) is 5.91. The van der Waals surface area contributed by atoms with Crippen LogP contribution < -0.4 is 10.1 Å². The zero-order chi connectivity index (χ0) is 21.9. The van der Waals surface area contributed by atoms with E-state index in [9.17, 15) is 9.59 Å². The normalized spacial score (nSPS) is 10.5. The molecule has 0 spiro atoms. The molecule has 2 amide bonds. The van der Waals surface area contributed by atoms with E-state index >= 15 is 0 Å². The van der Waals surface area contributed by atoms with Gasteiger partial charge in [-0.25, -0.2) is 0 Å². The summed E-state index contributed by atoms with van der Waals surface area (Å²) >= 11 is 11.9. The molecule has 0 aromatic heterocycles. The molecule has 0 unspecified atom stereocenters. The molecule has 30 heavy (non-hydrogen) atoms. The van der Waals surface area contributed by atoms with Crippen molar-refractivity contribution in [1.29, 1.82) is 0 Å². The fraction of sp³-hybridized carbons (Fsp3) is 0.391. The molecule has 2 aromatic carbocycles. The van der Waals surface area contributed by atoms with E-state index in [0.29, 0.717) is 46.5 Å². The lowest BCUT2D eigenvalue weighted by Crippen LogP contribution is -2.32. The number of nitrogens with zero attached hydrogens (tertiary/aromatic N) is 1. The van der Waals surface area contributed by atoms with Gasteiger partial charge in [0.05, 0.1) is 11.6 Å². The Balaban J connectivity index is 1.85. The van der Waals surface area contributed by atoms with Crippen molar-refractivity contribution in [3.63, 3.8) is 0 Å². The summed E-state index contributed by atoms with van der Waals surface area (Å²) in [7, 11) is 0. The van der Waals surface area contributed by atoms with E-state index in [1.54, 1.807) is 42.5 Å². The van der Waals surface area contributed by atoms with Gasteiger partial charge in [0.1, 0.15) is 5.75 Å². The second-order valence-corrected chi connectivity index (χ2v) is 7.79. The molecule has 0 saturated heterocycles. The third-order valence-corrected chi connectivity index (χ3v) is 4.90. The quantitative estimate of drug-likeness (QED) is 0.423. The summed E-state index contributed by atoms with van der Waals surface area (Å²) in [5.41, 5.74) is 1.19. The fourth-order valence-electron chi connectivity index (χ4n) is 3.00. The van der Waals surface area contributed by atoms with Crippen LogP contribution in [0.5, 0.6) is 5.75 Å². The van der Waals surface area contributed by atoms with Gasteiger partial charge in [-0.15, -0.1) is 0 Å². The number of rotatable bonds is 11. The molecule has 0 radical (unpaired) electrons. The van der Waals surface area contributed by atoms with Gasteiger partial charge in [-0.3, -0.25) is 9.59 Å². The van der Waals surface area contributed by atoms with Crippen molar-refractivity contribution in [3.8, 4) is 5.75 Å². The number of nitrogens with one attached hydrogen (secondary N) is 1. The number of hydrogen-bond acceptors (Lipinski definition) is 3. The third kappa shape index (κ3) is 7.54. The maximum atomic E-state index is 12.7. The third-order valence-electron chi connectivity index (χ3n) is 4.37. The van der Waals surface area contributed by atoms with E-state index in [1.165, 1.54) is 0 Å².